The van der Waals surface area contributed by atoms with Crippen molar-refractivity contribution in [2.45, 2.75) is 52.6 Å². The molecule has 0 amide bonds. The topological polar surface area (TPSA) is 9.23 Å². The van der Waals surface area contributed by atoms with Gasteiger partial charge in [0.2, 0.25) is 0 Å². The van der Waals surface area contributed by atoms with Gasteiger partial charge in [-0.2, -0.15) is 0 Å². The van der Waals surface area contributed by atoms with Crippen molar-refractivity contribution in [1.82, 2.24) is 0 Å². The highest BCUT2D eigenvalue weighted by Gasteiger charge is 2.10. The second kappa shape index (κ2) is 8.62. The Hall–Kier alpha value is -0.480. The fourth-order valence-electron chi connectivity index (χ4n) is 1.00. The van der Waals surface area contributed by atoms with Crippen LogP contribution in [-0.2, 0) is 4.74 Å². The molecule has 1 fully saturated rings. The maximum atomic E-state index is 5.33. The van der Waals surface area contributed by atoms with Crippen LogP contribution in [-0.4, -0.2) is 12.7 Å². The Morgan fingerprint density at radius 2 is 2.17 bits per heavy atom. The van der Waals surface area contributed by atoms with E-state index >= 15 is 0 Å². The summed E-state index contributed by atoms with van der Waals surface area (Å²) in [7, 11) is 0. The summed E-state index contributed by atoms with van der Waals surface area (Å²) in [5.41, 5.74) is 0. The van der Waals surface area contributed by atoms with E-state index in [1.54, 1.807) is 0 Å². The third kappa shape index (κ3) is 5.21. The predicted octanol–water partition coefficient (Wildman–Crippen LogP) is 3.00. The molecular weight excluding hydrogens is 148 g/mol. The highest BCUT2D eigenvalue weighted by molar-refractivity contribution is 5.05. The number of rotatable bonds is 1. The van der Waals surface area contributed by atoms with Crippen molar-refractivity contribution in [2.75, 3.05) is 6.61 Å². The standard InChI is InChI=1S/C9H14O.C2H6/c1-2-3-4-6-9-7-5-8-10-9;1-2/h9H,2-3,5,7-8H2,1H3;1-2H3. The van der Waals surface area contributed by atoms with Crippen LogP contribution < -0.4 is 0 Å². The van der Waals surface area contributed by atoms with Gasteiger partial charge in [-0.3, -0.25) is 0 Å². The Balaban J connectivity index is 0.000000561. The van der Waals surface area contributed by atoms with Gasteiger partial charge in [0.25, 0.3) is 0 Å². The van der Waals surface area contributed by atoms with E-state index in [0.29, 0.717) is 0 Å². The molecular formula is C11H20O. The van der Waals surface area contributed by atoms with E-state index in [0.717, 1.165) is 25.9 Å². The highest BCUT2D eigenvalue weighted by atomic mass is 16.5. The fraction of sp³-hybridized carbons (Fsp3) is 0.818. The molecule has 0 saturated carbocycles. The number of hydrogen-bond acceptors (Lipinski definition) is 1. The molecule has 70 valence electrons. The van der Waals surface area contributed by atoms with Crippen LogP contribution in [0.1, 0.15) is 46.5 Å². The number of unbranched alkanes of at least 4 members (excludes halogenated alkanes) is 1. The van der Waals surface area contributed by atoms with Crippen molar-refractivity contribution in [3.8, 4) is 11.8 Å². The monoisotopic (exact) mass is 168 g/mol. The first-order valence-electron chi connectivity index (χ1n) is 5.03. The minimum absolute atomic E-state index is 0.256. The van der Waals surface area contributed by atoms with Crippen LogP contribution in [0.25, 0.3) is 0 Å². The zero-order chi connectivity index (χ0) is 9.23. The lowest BCUT2D eigenvalue weighted by Gasteiger charge is -1.95. The van der Waals surface area contributed by atoms with E-state index in [-0.39, 0.29) is 6.10 Å². The average Bonchev–Trinajstić information content (AvgIpc) is 2.61. The van der Waals surface area contributed by atoms with Crippen molar-refractivity contribution in [1.29, 1.82) is 0 Å². The summed E-state index contributed by atoms with van der Waals surface area (Å²) < 4.78 is 5.33. The van der Waals surface area contributed by atoms with E-state index in [9.17, 15) is 0 Å². The number of ether oxygens (including phenoxy) is 1. The molecule has 1 rings (SSSR count). The molecule has 1 heteroatoms. The molecule has 1 nitrogen and oxygen atoms in total. The Kier molecular flexibility index (Phi) is 8.27. The minimum atomic E-state index is 0.256. The summed E-state index contributed by atoms with van der Waals surface area (Å²) in [4.78, 5) is 0. The van der Waals surface area contributed by atoms with Gasteiger partial charge >= 0.3 is 0 Å². The number of hydrogen-bond donors (Lipinski definition) is 0. The molecule has 0 aromatic rings. The van der Waals surface area contributed by atoms with Crippen LogP contribution in [0.15, 0.2) is 0 Å². The quantitative estimate of drug-likeness (QED) is 0.547. The highest BCUT2D eigenvalue weighted by Crippen LogP contribution is 2.10. The molecule has 0 aromatic carbocycles. The van der Waals surface area contributed by atoms with E-state index in [1.165, 1.54) is 6.42 Å². The van der Waals surface area contributed by atoms with Crippen LogP contribution in [0, 0.1) is 11.8 Å². The summed E-state index contributed by atoms with van der Waals surface area (Å²) in [6.07, 6.45) is 4.74. The molecule has 0 aliphatic carbocycles. The van der Waals surface area contributed by atoms with Crippen molar-refractivity contribution in [2.24, 2.45) is 0 Å². The van der Waals surface area contributed by atoms with E-state index in [4.69, 9.17) is 4.74 Å². The van der Waals surface area contributed by atoms with Gasteiger partial charge < -0.3 is 4.74 Å². The summed E-state index contributed by atoms with van der Waals surface area (Å²) in [6, 6.07) is 0. The third-order valence-electron chi connectivity index (χ3n) is 1.57. The van der Waals surface area contributed by atoms with Crippen LogP contribution in [0.5, 0.6) is 0 Å². The lowest BCUT2D eigenvalue weighted by molar-refractivity contribution is 0.152. The molecule has 1 saturated heterocycles. The van der Waals surface area contributed by atoms with Crippen molar-refractivity contribution < 1.29 is 4.74 Å². The van der Waals surface area contributed by atoms with Crippen molar-refractivity contribution >= 4 is 0 Å². The maximum Gasteiger partial charge on any atom is 0.118 e. The predicted molar refractivity (Wildman–Crippen MR) is 53.0 cm³/mol. The summed E-state index contributed by atoms with van der Waals surface area (Å²) >= 11 is 0. The zero-order valence-electron chi connectivity index (χ0n) is 8.52. The van der Waals surface area contributed by atoms with E-state index in [1.807, 2.05) is 13.8 Å². The normalized spacial score (nSPS) is 20.4. The summed E-state index contributed by atoms with van der Waals surface area (Å²) in [5.74, 6) is 6.21. The Bertz CT molecular complexity index is 135. The molecule has 0 spiro atoms. The van der Waals surface area contributed by atoms with Crippen LogP contribution in [0.3, 0.4) is 0 Å². The largest absolute Gasteiger partial charge is 0.366 e. The second-order valence-electron chi connectivity index (χ2n) is 2.57. The van der Waals surface area contributed by atoms with Gasteiger partial charge in [0.1, 0.15) is 6.10 Å². The first-order chi connectivity index (χ1) is 5.93. The molecule has 0 radical (unpaired) electrons. The molecule has 0 aromatic heterocycles. The molecule has 1 aliphatic heterocycles. The van der Waals surface area contributed by atoms with Crippen LogP contribution >= 0.6 is 0 Å². The minimum Gasteiger partial charge on any atom is -0.366 e. The fourth-order valence-corrected chi connectivity index (χ4v) is 1.00. The lowest BCUT2D eigenvalue weighted by Crippen LogP contribution is -1.99. The Labute approximate surface area is 76.5 Å². The first kappa shape index (κ1) is 11.5. The maximum absolute atomic E-state index is 5.33. The van der Waals surface area contributed by atoms with Crippen LogP contribution in [0.4, 0.5) is 0 Å². The smallest absolute Gasteiger partial charge is 0.118 e. The summed E-state index contributed by atoms with van der Waals surface area (Å²) in [5, 5.41) is 0. The van der Waals surface area contributed by atoms with Gasteiger partial charge in [-0.15, -0.1) is 5.92 Å². The average molecular weight is 168 g/mol. The lowest BCUT2D eigenvalue weighted by atomic mass is 10.2. The molecule has 12 heavy (non-hydrogen) atoms. The van der Waals surface area contributed by atoms with Gasteiger partial charge in [0.05, 0.1) is 0 Å². The molecule has 1 heterocycles. The van der Waals surface area contributed by atoms with Gasteiger partial charge in [0, 0.05) is 13.0 Å². The van der Waals surface area contributed by atoms with Gasteiger partial charge in [-0.1, -0.05) is 26.7 Å². The zero-order valence-corrected chi connectivity index (χ0v) is 8.52. The first-order valence-corrected chi connectivity index (χ1v) is 5.03. The molecule has 0 N–H and O–H groups in total. The molecule has 1 atom stereocenters. The Morgan fingerprint density at radius 3 is 2.67 bits per heavy atom. The van der Waals surface area contributed by atoms with Gasteiger partial charge in [-0.25, -0.2) is 0 Å². The van der Waals surface area contributed by atoms with Crippen LogP contribution in [0.2, 0.25) is 0 Å². The van der Waals surface area contributed by atoms with Gasteiger partial charge in [-0.05, 0) is 19.3 Å². The summed E-state index contributed by atoms with van der Waals surface area (Å²) in [6.45, 7) is 7.05. The molecule has 1 aliphatic rings. The third-order valence-corrected chi connectivity index (χ3v) is 1.57. The van der Waals surface area contributed by atoms with Gasteiger partial charge in [0.15, 0.2) is 0 Å². The molecule has 0 bridgehead atoms. The van der Waals surface area contributed by atoms with E-state index in [2.05, 4.69) is 18.8 Å². The Morgan fingerprint density at radius 1 is 1.42 bits per heavy atom. The van der Waals surface area contributed by atoms with Crippen molar-refractivity contribution in [3.63, 3.8) is 0 Å². The molecule has 1 unspecified atom stereocenters. The second-order valence-corrected chi connectivity index (χ2v) is 2.57. The SMILES string of the molecule is CC.CCCC#CC1CCCO1. The van der Waals surface area contributed by atoms with E-state index < -0.39 is 0 Å². The van der Waals surface area contributed by atoms with Crippen molar-refractivity contribution in [3.05, 3.63) is 0 Å².